The van der Waals surface area contributed by atoms with E-state index in [9.17, 15) is 5.11 Å². The maximum Gasteiger partial charge on any atom is 0.0542 e. The van der Waals surface area contributed by atoms with Crippen molar-refractivity contribution in [3.05, 3.63) is 0 Å². The van der Waals surface area contributed by atoms with E-state index in [0.29, 0.717) is 0 Å². The van der Waals surface area contributed by atoms with Gasteiger partial charge in [-0.05, 0) is 31.1 Å². The summed E-state index contributed by atoms with van der Waals surface area (Å²) in [7, 11) is 0. The van der Waals surface area contributed by atoms with E-state index in [2.05, 4.69) is 13.8 Å². The highest BCUT2D eigenvalue weighted by Gasteiger charge is 2.22. The Balaban J connectivity index is 2.24. The molecule has 0 aromatic heterocycles. The van der Waals surface area contributed by atoms with Gasteiger partial charge in [0.05, 0.1) is 6.10 Å². The monoisotopic (exact) mass is 212 g/mol. The molecule has 0 spiro atoms. The molecular formula is C14H28O. The van der Waals surface area contributed by atoms with Gasteiger partial charge in [0.15, 0.2) is 0 Å². The molecule has 1 nitrogen and oxygen atoms in total. The molecule has 0 amide bonds. The molecule has 3 unspecified atom stereocenters. The fraction of sp³-hybridized carbons (Fsp3) is 1.00. The molecule has 0 saturated heterocycles. The van der Waals surface area contributed by atoms with E-state index in [4.69, 9.17) is 0 Å². The van der Waals surface area contributed by atoms with E-state index in [-0.39, 0.29) is 6.10 Å². The Bertz CT molecular complexity index is 155. The van der Waals surface area contributed by atoms with Gasteiger partial charge < -0.3 is 5.11 Å². The van der Waals surface area contributed by atoms with Crippen molar-refractivity contribution in [1.29, 1.82) is 0 Å². The normalized spacial score (nSPS) is 29.0. The standard InChI is InChI=1S/C14H28O/c1-3-5-7-12(4-2)10-13-8-6-9-14(15)11-13/h12-15H,3-11H2,1-2H3. The van der Waals surface area contributed by atoms with Crippen LogP contribution in [0.4, 0.5) is 0 Å². The zero-order valence-electron chi connectivity index (χ0n) is 10.5. The average Bonchev–Trinajstić information content (AvgIpc) is 2.24. The zero-order valence-corrected chi connectivity index (χ0v) is 10.5. The third-order valence-corrected chi connectivity index (χ3v) is 3.97. The van der Waals surface area contributed by atoms with Gasteiger partial charge in [0.25, 0.3) is 0 Å². The molecule has 90 valence electrons. The number of hydrogen-bond acceptors (Lipinski definition) is 1. The molecule has 0 bridgehead atoms. The third kappa shape index (κ3) is 5.01. The summed E-state index contributed by atoms with van der Waals surface area (Å²) in [5, 5.41) is 9.64. The minimum Gasteiger partial charge on any atom is -0.393 e. The van der Waals surface area contributed by atoms with Gasteiger partial charge in [-0.2, -0.15) is 0 Å². The number of unbranched alkanes of at least 4 members (excludes halogenated alkanes) is 1. The minimum atomic E-state index is 0.00688. The minimum absolute atomic E-state index is 0.00688. The van der Waals surface area contributed by atoms with Crippen LogP contribution >= 0.6 is 0 Å². The summed E-state index contributed by atoms with van der Waals surface area (Å²) in [4.78, 5) is 0. The maximum absolute atomic E-state index is 9.64. The van der Waals surface area contributed by atoms with Crippen molar-refractivity contribution in [2.75, 3.05) is 0 Å². The van der Waals surface area contributed by atoms with Crippen molar-refractivity contribution in [1.82, 2.24) is 0 Å². The van der Waals surface area contributed by atoms with E-state index in [0.717, 1.165) is 24.7 Å². The topological polar surface area (TPSA) is 20.2 Å². The highest BCUT2D eigenvalue weighted by atomic mass is 16.3. The second kappa shape index (κ2) is 7.27. The smallest absolute Gasteiger partial charge is 0.0542 e. The van der Waals surface area contributed by atoms with Crippen LogP contribution in [0.15, 0.2) is 0 Å². The summed E-state index contributed by atoms with van der Waals surface area (Å²) in [6.07, 6.45) is 11.5. The summed E-state index contributed by atoms with van der Waals surface area (Å²) in [6.45, 7) is 4.59. The van der Waals surface area contributed by atoms with Crippen molar-refractivity contribution in [2.45, 2.75) is 77.7 Å². The van der Waals surface area contributed by atoms with Gasteiger partial charge in [0.2, 0.25) is 0 Å². The van der Waals surface area contributed by atoms with Crippen molar-refractivity contribution in [2.24, 2.45) is 11.8 Å². The van der Waals surface area contributed by atoms with Crippen molar-refractivity contribution >= 4 is 0 Å². The van der Waals surface area contributed by atoms with Crippen molar-refractivity contribution in [3.63, 3.8) is 0 Å². The first kappa shape index (κ1) is 13.0. The molecule has 1 aliphatic carbocycles. The molecule has 3 atom stereocenters. The molecule has 1 aliphatic rings. The number of aliphatic hydroxyl groups excluding tert-OH is 1. The highest BCUT2D eigenvalue weighted by molar-refractivity contribution is 4.74. The first-order chi connectivity index (χ1) is 7.26. The van der Waals surface area contributed by atoms with Gasteiger partial charge in [0, 0.05) is 0 Å². The average molecular weight is 212 g/mol. The van der Waals surface area contributed by atoms with Crippen molar-refractivity contribution in [3.8, 4) is 0 Å². The van der Waals surface area contributed by atoms with E-state index < -0.39 is 0 Å². The van der Waals surface area contributed by atoms with Gasteiger partial charge in [-0.25, -0.2) is 0 Å². The molecule has 15 heavy (non-hydrogen) atoms. The Morgan fingerprint density at radius 2 is 2.07 bits per heavy atom. The lowest BCUT2D eigenvalue weighted by Crippen LogP contribution is -2.21. The highest BCUT2D eigenvalue weighted by Crippen LogP contribution is 2.32. The van der Waals surface area contributed by atoms with Crippen LogP contribution in [-0.2, 0) is 0 Å². The number of rotatable bonds is 6. The number of hydrogen-bond donors (Lipinski definition) is 1. The largest absolute Gasteiger partial charge is 0.393 e. The van der Waals surface area contributed by atoms with Crippen LogP contribution in [0.1, 0.15) is 71.6 Å². The Hall–Kier alpha value is -0.0400. The van der Waals surface area contributed by atoms with Crippen LogP contribution in [-0.4, -0.2) is 11.2 Å². The Morgan fingerprint density at radius 3 is 2.67 bits per heavy atom. The Morgan fingerprint density at radius 1 is 1.27 bits per heavy atom. The summed E-state index contributed by atoms with van der Waals surface area (Å²) in [6, 6.07) is 0. The lowest BCUT2D eigenvalue weighted by Gasteiger charge is -2.28. The van der Waals surface area contributed by atoms with Crippen LogP contribution in [0.3, 0.4) is 0 Å². The lowest BCUT2D eigenvalue weighted by atomic mass is 9.79. The van der Waals surface area contributed by atoms with E-state index in [1.54, 1.807) is 0 Å². The van der Waals surface area contributed by atoms with Gasteiger partial charge in [0.1, 0.15) is 0 Å². The molecule has 1 fully saturated rings. The molecule has 0 aliphatic heterocycles. The van der Waals surface area contributed by atoms with E-state index in [1.165, 1.54) is 44.9 Å². The molecule has 0 aromatic rings. The lowest BCUT2D eigenvalue weighted by molar-refractivity contribution is 0.0910. The fourth-order valence-electron chi connectivity index (χ4n) is 2.93. The fourth-order valence-corrected chi connectivity index (χ4v) is 2.93. The summed E-state index contributed by atoms with van der Waals surface area (Å²) in [5.41, 5.74) is 0. The number of aliphatic hydroxyl groups is 1. The third-order valence-electron chi connectivity index (χ3n) is 3.97. The zero-order chi connectivity index (χ0) is 11.1. The first-order valence-corrected chi connectivity index (χ1v) is 6.94. The Labute approximate surface area is 95.3 Å². The Kier molecular flexibility index (Phi) is 6.31. The second-order valence-corrected chi connectivity index (χ2v) is 5.34. The molecule has 1 rings (SSSR count). The molecule has 1 N–H and O–H groups in total. The van der Waals surface area contributed by atoms with Crippen LogP contribution in [0.25, 0.3) is 0 Å². The van der Waals surface area contributed by atoms with Gasteiger partial charge in [-0.3, -0.25) is 0 Å². The van der Waals surface area contributed by atoms with E-state index >= 15 is 0 Å². The summed E-state index contributed by atoms with van der Waals surface area (Å²) >= 11 is 0. The van der Waals surface area contributed by atoms with Gasteiger partial charge >= 0.3 is 0 Å². The molecule has 0 heterocycles. The van der Waals surface area contributed by atoms with Crippen LogP contribution in [0, 0.1) is 11.8 Å². The quantitative estimate of drug-likeness (QED) is 0.701. The SMILES string of the molecule is CCCCC(CC)CC1CCCC(O)C1. The maximum atomic E-state index is 9.64. The first-order valence-electron chi connectivity index (χ1n) is 6.94. The molecule has 1 heteroatoms. The predicted molar refractivity (Wildman–Crippen MR) is 65.9 cm³/mol. The second-order valence-electron chi connectivity index (χ2n) is 5.34. The van der Waals surface area contributed by atoms with Crippen molar-refractivity contribution < 1.29 is 5.11 Å². The van der Waals surface area contributed by atoms with Crippen LogP contribution in [0.5, 0.6) is 0 Å². The molecular weight excluding hydrogens is 184 g/mol. The van der Waals surface area contributed by atoms with Gasteiger partial charge in [-0.15, -0.1) is 0 Å². The van der Waals surface area contributed by atoms with Gasteiger partial charge in [-0.1, -0.05) is 52.4 Å². The summed E-state index contributed by atoms with van der Waals surface area (Å²) in [5.74, 6) is 1.73. The molecule has 0 aromatic carbocycles. The van der Waals surface area contributed by atoms with Crippen LogP contribution in [0.2, 0.25) is 0 Å². The summed E-state index contributed by atoms with van der Waals surface area (Å²) < 4.78 is 0. The molecule has 1 saturated carbocycles. The predicted octanol–water partition coefficient (Wildman–Crippen LogP) is 4.14. The van der Waals surface area contributed by atoms with Crippen LogP contribution < -0.4 is 0 Å². The van der Waals surface area contributed by atoms with E-state index in [1.807, 2.05) is 0 Å². The molecule has 0 radical (unpaired) electrons.